The van der Waals surface area contributed by atoms with E-state index in [0.717, 1.165) is 25.6 Å². The minimum atomic E-state index is 0.111. The number of aromatic nitrogens is 2. The monoisotopic (exact) mass is 342 g/mol. The van der Waals surface area contributed by atoms with E-state index in [0.29, 0.717) is 6.04 Å². The lowest BCUT2D eigenvalue weighted by Gasteiger charge is -2.44. The van der Waals surface area contributed by atoms with Crippen LogP contribution < -0.4 is 4.90 Å². The minimum Gasteiger partial charge on any atom is -0.381 e. The largest absolute Gasteiger partial charge is 0.381 e. The Balaban J connectivity index is 1.66. The highest BCUT2D eigenvalue weighted by molar-refractivity contribution is 5.69. The van der Waals surface area contributed by atoms with Gasteiger partial charge in [0, 0.05) is 57.7 Å². The van der Waals surface area contributed by atoms with Gasteiger partial charge in [0.2, 0.25) is 0 Å². The van der Waals surface area contributed by atoms with Gasteiger partial charge in [-0.15, -0.1) is 0 Å². The first-order valence-electron chi connectivity index (χ1n) is 9.54. The Morgan fingerprint density at radius 3 is 2.84 bits per heavy atom. The predicted octanol–water partition coefficient (Wildman–Crippen LogP) is 2.93. The molecule has 0 radical (unpaired) electrons. The molecule has 2 aromatic heterocycles. The highest BCUT2D eigenvalue weighted by atomic mass is 16.5. The SMILES string of the molecule is CN(C)c1nc([C@]2(C)CCCN(C3CCOCC3)C2)cn2cccc12. The van der Waals surface area contributed by atoms with E-state index in [-0.39, 0.29) is 5.41 Å². The molecule has 0 aliphatic carbocycles. The fourth-order valence-corrected chi connectivity index (χ4v) is 4.50. The van der Waals surface area contributed by atoms with E-state index in [4.69, 9.17) is 9.72 Å². The lowest BCUT2D eigenvalue weighted by Crippen LogP contribution is -2.50. The number of fused-ring (bicyclic) bond motifs is 1. The van der Waals surface area contributed by atoms with E-state index >= 15 is 0 Å². The van der Waals surface area contributed by atoms with E-state index in [1.54, 1.807) is 0 Å². The second-order valence-electron chi connectivity index (χ2n) is 8.12. The third kappa shape index (κ3) is 3.15. The van der Waals surface area contributed by atoms with Crippen LogP contribution in [0.5, 0.6) is 0 Å². The van der Waals surface area contributed by atoms with Gasteiger partial charge in [-0.3, -0.25) is 4.90 Å². The molecule has 2 aliphatic heterocycles. The Labute approximate surface area is 150 Å². The molecule has 0 N–H and O–H groups in total. The molecule has 0 spiro atoms. The van der Waals surface area contributed by atoms with Crippen LogP contribution in [0.15, 0.2) is 24.5 Å². The second kappa shape index (κ2) is 6.61. The molecule has 0 saturated carbocycles. The van der Waals surface area contributed by atoms with Crippen LogP contribution in [0.4, 0.5) is 5.82 Å². The molecule has 5 nitrogen and oxygen atoms in total. The third-order valence-corrected chi connectivity index (χ3v) is 5.97. The fraction of sp³-hybridized carbons (Fsp3) is 0.650. The Kier molecular flexibility index (Phi) is 4.46. The van der Waals surface area contributed by atoms with E-state index < -0.39 is 0 Å². The molecule has 2 aliphatic rings. The Hall–Kier alpha value is -1.59. The standard InChI is InChI=1S/C20H30N4O/c1-20(9-5-11-24(15-20)16-7-12-25-13-8-16)18-14-23-10-4-6-17(23)19(21-18)22(2)3/h4,6,10,14,16H,5,7-9,11-13,15H2,1-3H3/t20-/m1/s1. The summed E-state index contributed by atoms with van der Waals surface area (Å²) in [4.78, 5) is 9.92. The van der Waals surface area contributed by atoms with E-state index in [1.807, 2.05) is 0 Å². The van der Waals surface area contributed by atoms with Gasteiger partial charge in [0.25, 0.3) is 0 Å². The second-order valence-corrected chi connectivity index (χ2v) is 8.12. The van der Waals surface area contributed by atoms with E-state index in [1.165, 1.54) is 43.4 Å². The topological polar surface area (TPSA) is 33.0 Å². The molecule has 0 bridgehead atoms. The van der Waals surface area contributed by atoms with Crippen LogP contribution in [0.3, 0.4) is 0 Å². The van der Waals surface area contributed by atoms with Crippen LogP contribution in [-0.4, -0.2) is 60.7 Å². The summed E-state index contributed by atoms with van der Waals surface area (Å²) in [5.41, 5.74) is 2.51. The summed E-state index contributed by atoms with van der Waals surface area (Å²) in [7, 11) is 4.16. The van der Waals surface area contributed by atoms with Gasteiger partial charge in [0.1, 0.15) is 0 Å². The highest BCUT2D eigenvalue weighted by Gasteiger charge is 2.37. The number of hydrogen-bond acceptors (Lipinski definition) is 4. The summed E-state index contributed by atoms with van der Waals surface area (Å²) in [6.07, 6.45) is 9.17. The van der Waals surface area contributed by atoms with Gasteiger partial charge in [-0.05, 0) is 44.4 Å². The zero-order valence-electron chi connectivity index (χ0n) is 15.7. The Bertz CT molecular complexity index is 734. The van der Waals surface area contributed by atoms with Crippen LogP contribution in [-0.2, 0) is 10.2 Å². The molecule has 136 valence electrons. The van der Waals surface area contributed by atoms with Crippen LogP contribution >= 0.6 is 0 Å². The van der Waals surface area contributed by atoms with Gasteiger partial charge in [-0.1, -0.05) is 6.92 Å². The molecule has 4 rings (SSSR count). The average Bonchev–Trinajstić information content (AvgIpc) is 3.10. The number of nitrogens with zero attached hydrogens (tertiary/aromatic N) is 4. The first-order valence-corrected chi connectivity index (χ1v) is 9.54. The molecule has 2 aromatic rings. The third-order valence-electron chi connectivity index (χ3n) is 5.97. The summed E-state index contributed by atoms with van der Waals surface area (Å²) >= 11 is 0. The van der Waals surface area contributed by atoms with Crippen LogP contribution in [0.2, 0.25) is 0 Å². The van der Waals surface area contributed by atoms with Crippen molar-refractivity contribution in [2.24, 2.45) is 0 Å². The van der Waals surface area contributed by atoms with Crippen molar-refractivity contribution < 1.29 is 4.74 Å². The quantitative estimate of drug-likeness (QED) is 0.859. The molecule has 25 heavy (non-hydrogen) atoms. The van der Waals surface area contributed by atoms with Crippen LogP contribution in [0, 0.1) is 0 Å². The van der Waals surface area contributed by atoms with E-state index in [9.17, 15) is 0 Å². The van der Waals surface area contributed by atoms with Crippen molar-refractivity contribution in [2.45, 2.75) is 44.1 Å². The molecular weight excluding hydrogens is 312 g/mol. The minimum absolute atomic E-state index is 0.111. The maximum Gasteiger partial charge on any atom is 0.152 e. The molecule has 2 fully saturated rings. The first-order chi connectivity index (χ1) is 12.1. The molecule has 1 atom stereocenters. The van der Waals surface area contributed by atoms with Crippen molar-refractivity contribution in [3.05, 3.63) is 30.2 Å². The summed E-state index contributed by atoms with van der Waals surface area (Å²) in [6, 6.07) is 4.92. The van der Waals surface area contributed by atoms with E-state index in [2.05, 4.69) is 59.7 Å². The molecule has 4 heterocycles. The molecule has 2 saturated heterocycles. The summed E-state index contributed by atoms with van der Waals surface area (Å²) < 4.78 is 7.79. The maximum absolute atomic E-state index is 5.56. The lowest BCUT2D eigenvalue weighted by molar-refractivity contribution is 0.0135. The smallest absolute Gasteiger partial charge is 0.152 e. The lowest BCUT2D eigenvalue weighted by atomic mass is 9.78. The predicted molar refractivity (Wildman–Crippen MR) is 102 cm³/mol. The van der Waals surface area contributed by atoms with Gasteiger partial charge in [0.15, 0.2) is 5.82 Å². The van der Waals surface area contributed by atoms with Gasteiger partial charge < -0.3 is 14.0 Å². The number of hydrogen-bond donors (Lipinski definition) is 0. The number of rotatable bonds is 3. The van der Waals surface area contributed by atoms with Crippen molar-refractivity contribution in [3.8, 4) is 0 Å². The Morgan fingerprint density at radius 1 is 1.28 bits per heavy atom. The van der Waals surface area contributed by atoms with Gasteiger partial charge >= 0.3 is 0 Å². The average molecular weight is 342 g/mol. The maximum atomic E-state index is 5.56. The number of ether oxygens (including phenoxy) is 1. The summed E-state index contributed by atoms with van der Waals surface area (Å²) in [5.74, 6) is 1.06. The summed E-state index contributed by atoms with van der Waals surface area (Å²) in [5, 5.41) is 0. The van der Waals surface area contributed by atoms with Crippen molar-refractivity contribution >= 4 is 11.3 Å². The van der Waals surface area contributed by atoms with Crippen LogP contribution in [0.25, 0.3) is 5.52 Å². The fourth-order valence-electron chi connectivity index (χ4n) is 4.50. The van der Waals surface area contributed by atoms with Gasteiger partial charge in [0.05, 0.1) is 11.2 Å². The van der Waals surface area contributed by atoms with Crippen molar-refractivity contribution in [2.75, 3.05) is 45.3 Å². The molecular formula is C20H30N4O. The first kappa shape index (κ1) is 16.9. The van der Waals surface area contributed by atoms with Crippen molar-refractivity contribution in [1.29, 1.82) is 0 Å². The Morgan fingerprint density at radius 2 is 2.08 bits per heavy atom. The summed E-state index contributed by atoms with van der Waals surface area (Å²) in [6.45, 7) is 6.54. The number of likely N-dealkylation sites (tertiary alicyclic amines) is 1. The van der Waals surface area contributed by atoms with Crippen molar-refractivity contribution in [3.63, 3.8) is 0 Å². The van der Waals surface area contributed by atoms with Gasteiger partial charge in [-0.2, -0.15) is 0 Å². The van der Waals surface area contributed by atoms with Crippen LogP contribution in [0.1, 0.15) is 38.3 Å². The molecule has 0 unspecified atom stereocenters. The molecule has 5 heteroatoms. The zero-order chi connectivity index (χ0) is 17.4. The molecule has 0 aromatic carbocycles. The number of piperidine rings is 1. The molecule has 0 amide bonds. The van der Waals surface area contributed by atoms with Crippen molar-refractivity contribution in [1.82, 2.24) is 14.3 Å². The zero-order valence-corrected chi connectivity index (χ0v) is 15.7. The number of anilines is 1. The highest BCUT2D eigenvalue weighted by Crippen LogP contribution is 2.36. The van der Waals surface area contributed by atoms with Gasteiger partial charge in [-0.25, -0.2) is 4.98 Å². The normalized spacial score (nSPS) is 26.2.